The topological polar surface area (TPSA) is 47.3 Å². The van der Waals surface area contributed by atoms with Crippen molar-refractivity contribution in [2.24, 2.45) is 5.84 Å². The van der Waals surface area contributed by atoms with E-state index in [0.717, 1.165) is 12.2 Å². The molecule has 0 spiro atoms. The number of aryl methyl sites for hydroxylation is 1. The maximum absolute atomic E-state index is 5.72. The van der Waals surface area contributed by atoms with Crippen molar-refractivity contribution >= 4 is 0 Å². The van der Waals surface area contributed by atoms with Crippen molar-refractivity contribution in [2.75, 3.05) is 6.61 Å². The third-order valence-corrected chi connectivity index (χ3v) is 2.99. The predicted octanol–water partition coefficient (Wildman–Crippen LogP) is 2.45. The minimum absolute atomic E-state index is 0.0991. The Kier molecular flexibility index (Phi) is 4.95. The van der Waals surface area contributed by atoms with Crippen molar-refractivity contribution in [1.29, 1.82) is 0 Å². The molecule has 3 nitrogen and oxygen atoms in total. The molecule has 100 valence electrons. The zero-order valence-corrected chi connectivity index (χ0v) is 11.2. The van der Waals surface area contributed by atoms with Crippen LogP contribution in [-0.2, 0) is 6.42 Å². The Morgan fingerprint density at radius 3 is 2.58 bits per heavy atom. The molecule has 19 heavy (non-hydrogen) atoms. The fraction of sp³-hybridized carbons (Fsp3) is 0.250. The quantitative estimate of drug-likeness (QED) is 0.616. The second kappa shape index (κ2) is 6.92. The van der Waals surface area contributed by atoms with Gasteiger partial charge in [0.05, 0.1) is 6.04 Å². The predicted molar refractivity (Wildman–Crippen MR) is 77.9 cm³/mol. The number of hydrogen-bond donors (Lipinski definition) is 2. The first-order valence-electron chi connectivity index (χ1n) is 6.47. The van der Waals surface area contributed by atoms with E-state index in [1.807, 2.05) is 30.3 Å². The molecular weight excluding hydrogens is 236 g/mol. The molecule has 2 aromatic rings. The smallest absolute Gasteiger partial charge is 0.119 e. The van der Waals surface area contributed by atoms with E-state index in [2.05, 4.69) is 36.6 Å². The first kappa shape index (κ1) is 13.6. The lowest BCUT2D eigenvalue weighted by atomic mass is 10.0. The summed E-state index contributed by atoms with van der Waals surface area (Å²) < 4.78 is 5.72. The van der Waals surface area contributed by atoms with Crippen LogP contribution in [0.1, 0.15) is 11.1 Å². The first-order chi connectivity index (χ1) is 9.28. The second-order valence-electron chi connectivity index (χ2n) is 4.68. The zero-order valence-electron chi connectivity index (χ0n) is 11.2. The van der Waals surface area contributed by atoms with Gasteiger partial charge in [-0.3, -0.25) is 11.3 Å². The van der Waals surface area contributed by atoms with Crippen LogP contribution in [0.3, 0.4) is 0 Å². The van der Waals surface area contributed by atoms with Crippen LogP contribution in [0.5, 0.6) is 5.75 Å². The maximum Gasteiger partial charge on any atom is 0.119 e. The summed E-state index contributed by atoms with van der Waals surface area (Å²) in [5.41, 5.74) is 5.34. The molecule has 0 aromatic heterocycles. The molecule has 0 heterocycles. The Bertz CT molecular complexity index is 499. The lowest BCUT2D eigenvalue weighted by Gasteiger charge is -2.17. The van der Waals surface area contributed by atoms with E-state index in [-0.39, 0.29) is 6.04 Å². The van der Waals surface area contributed by atoms with Gasteiger partial charge >= 0.3 is 0 Å². The van der Waals surface area contributed by atoms with Gasteiger partial charge < -0.3 is 4.74 Å². The van der Waals surface area contributed by atoms with Crippen LogP contribution in [0.25, 0.3) is 0 Å². The molecule has 0 aliphatic carbocycles. The summed E-state index contributed by atoms with van der Waals surface area (Å²) in [6, 6.07) is 18.3. The normalized spacial score (nSPS) is 12.1. The zero-order chi connectivity index (χ0) is 13.5. The Hall–Kier alpha value is -1.84. The van der Waals surface area contributed by atoms with Gasteiger partial charge in [0, 0.05) is 0 Å². The van der Waals surface area contributed by atoms with Crippen LogP contribution >= 0.6 is 0 Å². The molecule has 3 heteroatoms. The van der Waals surface area contributed by atoms with Crippen molar-refractivity contribution < 1.29 is 4.74 Å². The fourth-order valence-corrected chi connectivity index (χ4v) is 2.00. The molecule has 0 aliphatic heterocycles. The van der Waals surface area contributed by atoms with Crippen LogP contribution in [0, 0.1) is 6.92 Å². The summed E-state index contributed by atoms with van der Waals surface area (Å²) >= 11 is 0. The first-order valence-corrected chi connectivity index (χ1v) is 6.47. The third-order valence-electron chi connectivity index (χ3n) is 2.99. The molecule has 3 N–H and O–H groups in total. The molecule has 0 aliphatic rings. The second-order valence-corrected chi connectivity index (χ2v) is 4.68. The summed E-state index contributed by atoms with van der Waals surface area (Å²) in [5.74, 6) is 6.46. The number of hydrazine groups is 1. The molecule has 2 aromatic carbocycles. The summed E-state index contributed by atoms with van der Waals surface area (Å²) in [5, 5.41) is 0. The highest BCUT2D eigenvalue weighted by molar-refractivity contribution is 5.23. The third kappa shape index (κ3) is 4.39. The van der Waals surface area contributed by atoms with Crippen LogP contribution in [0.4, 0.5) is 0 Å². The van der Waals surface area contributed by atoms with Crippen molar-refractivity contribution in [3.05, 3.63) is 65.7 Å². The molecule has 0 saturated heterocycles. The van der Waals surface area contributed by atoms with Crippen molar-refractivity contribution in [2.45, 2.75) is 19.4 Å². The number of para-hydroxylation sites is 1. The molecule has 1 atom stereocenters. The molecule has 2 rings (SSSR count). The number of rotatable bonds is 6. The van der Waals surface area contributed by atoms with Crippen molar-refractivity contribution in [3.8, 4) is 5.75 Å². The molecule has 0 fully saturated rings. The van der Waals surface area contributed by atoms with E-state index in [1.54, 1.807) is 0 Å². The van der Waals surface area contributed by atoms with Gasteiger partial charge in [-0.15, -0.1) is 0 Å². The maximum atomic E-state index is 5.72. The van der Waals surface area contributed by atoms with Crippen LogP contribution < -0.4 is 16.0 Å². The number of nitrogens with one attached hydrogen (secondary N) is 1. The van der Waals surface area contributed by atoms with E-state index in [0.29, 0.717) is 6.61 Å². The average Bonchev–Trinajstić information content (AvgIpc) is 2.44. The number of hydrogen-bond acceptors (Lipinski definition) is 3. The minimum Gasteiger partial charge on any atom is -0.492 e. The van der Waals surface area contributed by atoms with Gasteiger partial charge in [-0.25, -0.2) is 0 Å². The Labute approximate surface area is 114 Å². The van der Waals surface area contributed by atoms with Crippen LogP contribution in [0.2, 0.25) is 0 Å². The van der Waals surface area contributed by atoms with Crippen LogP contribution in [-0.4, -0.2) is 12.6 Å². The number of nitrogens with two attached hydrogens (primary N) is 1. The van der Waals surface area contributed by atoms with Crippen molar-refractivity contribution in [1.82, 2.24) is 5.43 Å². The fourth-order valence-electron chi connectivity index (χ4n) is 2.00. The van der Waals surface area contributed by atoms with Crippen molar-refractivity contribution in [3.63, 3.8) is 0 Å². The highest BCUT2D eigenvalue weighted by atomic mass is 16.5. The Morgan fingerprint density at radius 1 is 1.11 bits per heavy atom. The SMILES string of the molecule is Cc1cccc(CC(COc2ccccc2)NN)c1. The van der Waals surface area contributed by atoms with E-state index >= 15 is 0 Å². The standard InChI is InChI=1S/C16H20N2O/c1-13-6-5-7-14(10-13)11-15(18-17)12-19-16-8-3-2-4-9-16/h2-10,15,18H,11-12,17H2,1H3. The highest BCUT2D eigenvalue weighted by Gasteiger charge is 2.08. The monoisotopic (exact) mass is 256 g/mol. The summed E-state index contributed by atoms with van der Waals surface area (Å²) in [7, 11) is 0. The lowest BCUT2D eigenvalue weighted by molar-refractivity contribution is 0.264. The average molecular weight is 256 g/mol. The number of ether oxygens (including phenoxy) is 1. The molecule has 0 radical (unpaired) electrons. The Balaban J connectivity index is 1.90. The van der Waals surface area contributed by atoms with Gasteiger partial charge in [0.1, 0.15) is 12.4 Å². The van der Waals surface area contributed by atoms with E-state index in [9.17, 15) is 0 Å². The molecule has 1 unspecified atom stereocenters. The summed E-state index contributed by atoms with van der Waals surface area (Å²) in [4.78, 5) is 0. The largest absolute Gasteiger partial charge is 0.492 e. The minimum atomic E-state index is 0.0991. The highest BCUT2D eigenvalue weighted by Crippen LogP contribution is 2.11. The van der Waals surface area contributed by atoms with Gasteiger partial charge in [-0.1, -0.05) is 48.0 Å². The van der Waals surface area contributed by atoms with Gasteiger partial charge in [0.2, 0.25) is 0 Å². The summed E-state index contributed by atoms with van der Waals surface area (Å²) in [6.45, 7) is 2.64. The van der Waals surface area contributed by atoms with Gasteiger partial charge in [-0.2, -0.15) is 0 Å². The number of benzene rings is 2. The van der Waals surface area contributed by atoms with E-state index in [1.165, 1.54) is 11.1 Å². The summed E-state index contributed by atoms with van der Waals surface area (Å²) in [6.07, 6.45) is 0.852. The molecule has 0 bridgehead atoms. The van der Waals surface area contributed by atoms with Gasteiger partial charge in [-0.05, 0) is 31.0 Å². The molecular formula is C16H20N2O. The van der Waals surface area contributed by atoms with Gasteiger partial charge in [0.25, 0.3) is 0 Å². The molecule has 0 amide bonds. The van der Waals surface area contributed by atoms with Crippen LogP contribution in [0.15, 0.2) is 54.6 Å². The molecule has 0 saturated carbocycles. The van der Waals surface area contributed by atoms with E-state index < -0.39 is 0 Å². The van der Waals surface area contributed by atoms with E-state index in [4.69, 9.17) is 10.6 Å². The lowest BCUT2D eigenvalue weighted by Crippen LogP contribution is -2.41. The van der Waals surface area contributed by atoms with Gasteiger partial charge in [0.15, 0.2) is 0 Å². The Morgan fingerprint density at radius 2 is 1.89 bits per heavy atom.